The van der Waals surface area contributed by atoms with Gasteiger partial charge >= 0.3 is 5.97 Å². The van der Waals surface area contributed by atoms with E-state index in [1.165, 1.54) is 23.2 Å². The lowest BCUT2D eigenvalue weighted by atomic mass is 9.59. The molecule has 9 heteroatoms. The van der Waals surface area contributed by atoms with Crippen molar-refractivity contribution < 1.29 is 19.0 Å². The summed E-state index contributed by atoms with van der Waals surface area (Å²) in [5, 5.41) is 14.6. The van der Waals surface area contributed by atoms with Crippen LogP contribution in [0, 0.1) is 17.7 Å². The Balaban J connectivity index is 1.15. The molecule has 7 nitrogen and oxygen atoms in total. The van der Waals surface area contributed by atoms with Crippen molar-refractivity contribution in [1.29, 1.82) is 0 Å². The quantitative estimate of drug-likeness (QED) is 0.221. The van der Waals surface area contributed by atoms with Gasteiger partial charge in [0.15, 0.2) is 0 Å². The van der Waals surface area contributed by atoms with Gasteiger partial charge in [0.1, 0.15) is 17.1 Å². The van der Waals surface area contributed by atoms with Gasteiger partial charge in [0.25, 0.3) is 0 Å². The number of rotatable bonds is 10. The molecule has 1 aromatic heterocycles. The number of carboxylic acids is 1. The van der Waals surface area contributed by atoms with Crippen molar-refractivity contribution in [3.05, 3.63) is 87.4 Å². The number of nitrogens with one attached hydrogen (secondary N) is 1. The molecule has 2 aromatic carbocycles. The monoisotopic (exact) mass is 702 g/mol. The topological polar surface area (TPSA) is 77.9 Å². The highest BCUT2D eigenvalue weighted by Crippen LogP contribution is 2.56. The van der Waals surface area contributed by atoms with Crippen LogP contribution in [0.15, 0.2) is 48.7 Å². The number of nitrogens with zero attached hydrogens (tertiary/aromatic N) is 3. The van der Waals surface area contributed by atoms with Crippen LogP contribution in [-0.2, 0) is 29.6 Å². The van der Waals surface area contributed by atoms with Crippen molar-refractivity contribution in [3.8, 4) is 5.75 Å². The number of pyridine rings is 1. The first-order valence-corrected chi connectivity index (χ1v) is 19.0. The summed E-state index contributed by atoms with van der Waals surface area (Å²) in [6.07, 6.45) is 9.31. The maximum atomic E-state index is 15.8. The molecule has 0 bridgehead atoms. The van der Waals surface area contributed by atoms with Crippen LogP contribution in [0.25, 0.3) is 0 Å². The van der Waals surface area contributed by atoms with Crippen molar-refractivity contribution in [1.82, 2.24) is 14.8 Å². The van der Waals surface area contributed by atoms with Gasteiger partial charge in [0.05, 0.1) is 6.61 Å². The summed E-state index contributed by atoms with van der Waals surface area (Å²) < 4.78 is 22.4. The normalized spacial score (nSPS) is 27.5. The number of aliphatic carboxylic acids is 1. The molecule has 1 saturated carbocycles. The van der Waals surface area contributed by atoms with Crippen molar-refractivity contribution in [2.24, 2.45) is 11.8 Å². The molecule has 3 aliphatic carbocycles. The molecule has 1 saturated heterocycles. The SMILES string of the molecule is C[C@@H](COc1ccnc2c1[C@H](C)CCC2)C[C@H]1Cc2cc(F)c(CN3CCN(C)CC3)cc2C12CCC(Nc1cccc(Cl)c1)(C(=O)O)CC2. The molecule has 2 heterocycles. The first-order chi connectivity index (χ1) is 24.0. The molecule has 2 fully saturated rings. The van der Waals surface area contributed by atoms with Crippen LogP contribution in [0.4, 0.5) is 10.1 Å². The summed E-state index contributed by atoms with van der Waals surface area (Å²) in [6, 6.07) is 13.3. The summed E-state index contributed by atoms with van der Waals surface area (Å²) >= 11 is 6.28. The number of halogens is 2. The second-order valence-corrected chi connectivity index (χ2v) is 16.3. The standard InChI is InChI=1S/C41H52ClFN4O3/c1-27(26-50-37-10-15-44-36-9-4-6-28(2)38(36)37)20-31-21-29-23-35(43)30(25-47-18-16-46(3)17-19-47)22-34(29)40(31)11-13-41(14-12-40,39(48)49)45-33-8-5-7-32(42)24-33/h5,7-8,10,15,22-24,27-28,31,45H,4,6,9,11-14,16-21,25-26H2,1-3H3,(H,48,49)/t27-,28-,31+,40?,41?/m1/s1. The number of fused-ring (bicyclic) bond motifs is 3. The lowest BCUT2D eigenvalue weighted by molar-refractivity contribution is -0.144. The molecule has 1 spiro atoms. The third-order valence-corrected chi connectivity index (χ3v) is 12.7. The number of anilines is 1. The van der Waals surface area contributed by atoms with Crippen LogP contribution in [-0.4, -0.2) is 71.2 Å². The highest BCUT2D eigenvalue weighted by atomic mass is 35.5. The predicted molar refractivity (Wildman–Crippen MR) is 197 cm³/mol. The molecule has 268 valence electrons. The summed E-state index contributed by atoms with van der Waals surface area (Å²) in [4.78, 5) is 22.3. The number of carboxylic acid groups (broad SMARTS) is 1. The fourth-order valence-electron chi connectivity index (χ4n) is 9.54. The maximum absolute atomic E-state index is 15.8. The number of likely N-dealkylation sites (N-methyl/N-ethyl adjacent to an activating group) is 1. The number of aryl methyl sites for hydroxylation is 1. The van der Waals surface area contributed by atoms with E-state index < -0.39 is 11.5 Å². The van der Waals surface area contributed by atoms with Gasteiger partial charge in [-0.25, -0.2) is 9.18 Å². The first-order valence-electron chi connectivity index (χ1n) is 18.7. The smallest absolute Gasteiger partial charge is 0.329 e. The Morgan fingerprint density at radius 3 is 2.66 bits per heavy atom. The second kappa shape index (κ2) is 14.4. The zero-order valence-electron chi connectivity index (χ0n) is 29.8. The van der Waals surface area contributed by atoms with Crippen LogP contribution >= 0.6 is 11.6 Å². The first kappa shape index (κ1) is 35.2. The molecule has 3 atom stereocenters. The van der Waals surface area contributed by atoms with Gasteiger partial charge in [-0.1, -0.05) is 37.6 Å². The number of ether oxygens (including phenoxy) is 1. The van der Waals surface area contributed by atoms with Gasteiger partial charge in [-0.2, -0.15) is 0 Å². The largest absolute Gasteiger partial charge is 0.493 e. The van der Waals surface area contributed by atoms with E-state index in [1.54, 1.807) is 18.2 Å². The highest BCUT2D eigenvalue weighted by Gasteiger charge is 2.54. The van der Waals surface area contributed by atoms with Gasteiger partial charge in [-0.3, -0.25) is 9.88 Å². The number of benzene rings is 2. The summed E-state index contributed by atoms with van der Waals surface area (Å²) in [6.45, 7) is 9.55. The maximum Gasteiger partial charge on any atom is 0.329 e. The van der Waals surface area contributed by atoms with E-state index in [9.17, 15) is 9.90 Å². The Bertz CT molecular complexity index is 1700. The Morgan fingerprint density at radius 1 is 1.14 bits per heavy atom. The zero-order valence-corrected chi connectivity index (χ0v) is 30.6. The van der Waals surface area contributed by atoms with Crippen LogP contribution < -0.4 is 10.1 Å². The number of piperazine rings is 1. The van der Waals surface area contributed by atoms with Crippen LogP contribution in [0.1, 0.15) is 92.7 Å². The van der Waals surface area contributed by atoms with Gasteiger partial charge in [0.2, 0.25) is 0 Å². The average molecular weight is 703 g/mol. The van der Waals surface area contributed by atoms with E-state index in [0.717, 1.165) is 68.7 Å². The van der Waals surface area contributed by atoms with Crippen molar-refractivity contribution in [3.63, 3.8) is 0 Å². The highest BCUT2D eigenvalue weighted by molar-refractivity contribution is 6.30. The molecule has 0 radical (unpaired) electrons. The third-order valence-electron chi connectivity index (χ3n) is 12.4. The molecule has 0 unspecified atom stereocenters. The van der Waals surface area contributed by atoms with Crippen molar-refractivity contribution >= 4 is 23.3 Å². The lowest BCUT2D eigenvalue weighted by Gasteiger charge is -2.47. The van der Waals surface area contributed by atoms with Gasteiger partial charge < -0.3 is 20.1 Å². The fraction of sp³-hybridized carbons (Fsp3) is 0.561. The van der Waals surface area contributed by atoms with Crippen molar-refractivity contribution in [2.75, 3.05) is 45.2 Å². The van der Waals surface area contributed by atoms with Gasteiger partial charge in [0, 0.05) is 66.5 Å². The minimum atomic E-state index is -1.10. The van der Waals surface area contributed by atoms with Crippen LogP contribution in [0.5, 0.6) is 5.75 Å². The zero-order chi connectivity index (χ0) is 35.0. The fourth-order valence-corrected chi connectivity index (χ4v) is 9.73. The predicted octanol–water partition coefficient (Wildman–Crippen LogP) is 8.09. The Morgan fingerprint density at radius 2 is 1.92 bits per heavy atom. The summed E-state index contributed by atoms with van der Waals surface area (Å²) in [5.41, 5.74) is 4.91. The van der Waals surface area contributed by atoms with E-state index in [2.05, 4.69) is 47.1 Å². The minimum Gasteiger partial charge on any atom is -0.493 e. The second-order valence-electron chi connectivity index (χ2n) is 15.9. The molecule has 7 rings (SSSR count). The number of carbonyl (C=O) groups is 1. The summed E-state index contributed by atoms with van der Waals surface area (Å²) in [7, 11) is 2.14. The minimum absolute atomic E-state index is 0.121. The van der Waals surface area contributed by atoms with E-state index in [1.807, 2.05) is 24.4 Å². The molecular formula is C41H52ClFN4O3. The number of hydrogen-bond donors (Lipinski definition) is 2. The van der Waals surface area contributed by atoms with E-state index >= 15 is 4.39 Å². The molecule has 4 aliphatic rings. The van der Waals surface area contributed by atoms with Crippen molar-refractivity contribution in [2.45, 2.75) is 95.1 Å². The van der Waals surface area contributed by atoms with Gasteiger partial charge in [-0.05, 0) is 129 Å². The third kappa shape index (κ3) is 7.00. The molecule has 3 aromatic rings. The molecular weight excluding hydrogens is 651 g/mol. The van der Waals surface area contributed by atoms with E-state index in [0.29, 0.717) is 55.5 Å². The molecule has 2 N–H and O–H groups in total. The molecule has 0 amide bonds. The number of hydrogen-bond acceptors (Lipinski definition) is 6. The average Bonchev–Trinajstić information content (AvgIpc) is 3.36. The van der Waals surface area contributed by atoms with E-state index in [4.69, 9.17) is 16.3 Å². The summed E-state index contributed by atoms with van der Waals surface area (Å²) in [5.74, 6) is 0.970. The van der Waals surface area contributed by atoms with E-state index in [-0.39, 0.29) is 23.1 Å². The van der Waals surface area contributed by atoms with Crippen LogP contribution in [0.2, 0.25) is 5.02 Å². The Hall–Kier alpha value is -3.20. The lowest BCUT2D eigenvalue weighted by Crippen LogP contribution is -2.53. The van der Waals surface area contributed by atoms with Crippen LogP contribution in [0.3, 0.4) is 0 Å². The molecule has 1 aliphatic heterocycles. The number of aromatic nitrogens is 1. The Labute approximate surface area is 301 Å². The molecule has 50 heavy (non-hydrogen) atoms. The van der Waals surface area contributed by atoms with Gasteiger partial charge in [-0.15, -0.1) is 0 Å². The Kier molecular flexibility index (Phi) is 10.2.